The fourth-order valence-electron chi connectivity index (χ4n) is 12.3. The zero-order chi connectivity index (χ0) is 56.4. The second kappa shape index (κ2) is 20.8. The highest BCUT2D eigenvalue weighted by Gasteiger charge is 2.33. The number of hydrogen-bond acceptors (Lipinski definition) is 4. The summed E-state index contributed by atoms with van der Waals surface area (Å²) in [7, 11) is 0. The molecule has 2 aromatic heterocycles. The molecule has 0 saturated carbocycles. The molecule has 12 rings (SSSR count). The summed E-state index contributed by atoms with van der Waals surface area (Å²) in [5.74, 6) is 2.98. The number of ether oxygens (including phenoxy) is 1. The SMILES string of the molecule is CC(C)c1cccc(C(C)C)c1-c1cc(Oc2ccc3c4ccccc4n(-c4cc(C(C)(C)c5ccccc5)ccn4)c3c2)cc(N2CN(c3cc(-c4ccccc4)cc(C(C)(C)c4ccccc4)c3)c3ccc(C(C)(C)C)cc32)c1. The maximum Gasteiger partial charge on any atom is 0.137 e. The van der Waals surface area contributed by atoms with E-state index in [9.17, 15) is 0 Å². The Bertz CT molecular complexity index is 4080. The maximum absolute atomic E-state index is 7.34. The third-order valence-electron chi connectivity index (χ3n) is 17.2. The van der Waals surface area contributed by atoms with Crippen LogP contribution >= 0.6 is 0 Å². The number of nitrogens with zero attached hydrogens (tertiary/aromatic N) is 4. The topological polar surface area (TPSA) is 33.5 Å². The maximum atomic E-state index is 7.34. The van der Waals surface area contributed by atoms with Crippen LogP contribution < -0.4 is 14.5 Å². The molecule has 11 aromatic rings. The van der Waals surface area contributed by atoms with Crippen molar-refractivity contribution in [2.24, 2.45) is 0 Å². The second-order valence-corrected chi connectivity index (χ2v) is 24.9. The summed E-state index contributed by atoms with van der Waals surface area (Å²) < 4.78 is 9.64. The molecule has 0 fully saturated rings. The van der Waals surface area contributed by atoms with Crippen LogP contribution in [0.2, 0.25) is 0 Å². The van der Waals surface area contributed by atoms with Crippen LogP contribution in [0.15, 0.2) is 225 Å². The molecule has 0 N–H and O–H groups in total. The van der Waals surface area contributed by atoms with Crippen LogP contribution in [0.5, 0.6) is 11.5 Å². The molecule has 0 atom stereocenters. The van der Waals surface area contributed by atoms with E-state index < -0.39 is 0 Å². The molecule has 81 heavy (non-hydrogen) atoms. The van der Waals surface area contributed by atoms with E-state index in [0.717, 1.165) is 62.0 Å². The highest BCUT2D eigenvalue weighted by atomic mass is 16.5. The molecular formula is C76H74N4O. The van der Waals surface area contributed by atoms with E-state index in [4.69, 9.17) is 9.72 Å². The van der Waals surface area contributed by atoms with Gasteiger partial charge in [-0.05, 0) is 145 Å². The van der Waals surface area contributed by atoms with Crippen LogP contribution in [-0.4, -0.2) is 16.2 Å². The highest BCUT2D eigenvalue weighted by Crippen LogP contribution is 2.50. The first-order valence-electron chi connectivity index (χ1n) is 28.9. The number of aromatic nitrogens is 2. The van der Waals surface area contributed by atoms with Gasteiger partial charge in [-0.15, -0.1) is 0 Å². The number of benzene rings is 9. The van der Waals surface area contributed by atoms with Gasteiger partial charge in [-0.25, -0.2) is 4.98 Å². The molecule has 9 aromatic carbocycles. The third-order valence-corrected chi connectivity index (χ3v) is 17.2. The van der Waals surface area contributed by atoms with E-state index in [1.165, 1.54) is 61.0 Å². The Morgan fingerprint density at radius 3 is 1.67 bits per heavy atom. The zero-order valence-corrected chi connectivity index (χ0v) is 48.9. The van der Waals surface area contributed by atoms with Gasteiger partial charge in [0.25, 0.3) is 0 Å². The fraction of sp³-hybridized carbons (Fsp3) is 0.224. The number of fused-ring (bicyclic) bond motifs is 4. The summed E-state index contributed by atoms with van der Waals surface area (Å²) in [6.45, 7) is 26.1. The lowest BCUT2D eigenvalue weighted by Crippen LogP contribution is -2.25. The van der Waals surface area contributed by atoms with E-state index in [1.54, 1.807) is 0 Å². The molecule has 1 aliphatic rings. The quantitative estimate of drug-likeness (QED) is 0.115. The minimum absolute atomic E-state index is 0.0806. The summed E-state index contributed by atoms with van der Waals surface area (Å²) in [4.78, 5) is 10.1. The van der Waals surface area contributed by atoms with Gasteiger partial charge in [0.15, 0.2) is 0 Å². The molecule has 404 valence electrons. The van der Waals surface area contributed by atoms with Crippen LogP contribution in [0.1, 0.15) is 127 Å². The average molecular weight is 1060 g/mol. The van der Waals surface area contributed by atoms with Crippen molar-refractivity contribution in [3.05, 3.63) is 264 Å². The molecule has 3 heterocycles. The van der Waals surface area contributed by atoms with Crippen LogP contribution in [0.3, 0.4) is 0 Å². The van der Waals surface area contributed by atoms with Crippen molar-refractivity contribution < 1.29 is 4.74 Å². The second-order valence-electron chi connectivity index (χ2n) is 24.9. The van der Waals surface area contributed by atoms with E-state index >= 15 is 0 Å². The Hall–Kier alpha value is -8.67. The van der Waals surface area contributed by atoms with Gasteiger partial charge in [0.05, 0.1) is 22.4 Å². The van der Waals surface area contributed by atoms with E-state index in [0.29, 0.717) is 18.5 Å². The Kier molecular flexibility index (Phi) is 13.6. The number of pyridine rings is 1. The molecule has 0 spiro atoms. The predicted molar refractivity (Wildman–Crippen MR) is 342 cm³/mol. The first-order chi connectivity index (χ1) is 38.9. The largest absolute Gasteiger partial charge is 0.457 e. The van der Waals surface area contributed by atoms with Crippen molar-refractivity contribution in [2.45, 2.75) is 104 Å². The minimum atomic E-state index is -0.269. The van der Waals surface area contributed by atoms with E-state index in [-0.39, 0.29) is 16.2 Å². The molecule has 0 unspecified atom stereocenters. The van der Waals surface area contributed by atoms with Gasteiger partial charge < -0.3 is 14.5 Å². The van der Waals surface area contributed by atoms with Crippen molar-refractivity contribution >= 4 is 44.6 Å². The Labute approximate surface area is 480 Å². The lowest BCUT2D eigenvalue weighted by molar-refractivity contribution is 0.483. The van der Waals surface area contributed by atoms with Crippen molar-refractivity contribution in [3.63, 3.8) is 0 Å². The monoisotopic (exact) mass is 1060 g/mol. The number of para-hydroxylation sites is 1. The van der Waals surface area contributed by atoms with Gasteiger partial charge in [0.2, 0.25) is 0 Å². The lowest BCUT2D eigenvalue weighted by atomic mass is 9.77. The first-order valence-corrected chi connectivity index (χ1v) is 28.9. The van der Waals surface area contributed by atoms with Gasteiger partial charge >= 0.3 is 0 Å². The molecule has 0 aliphatic carbocycles. The number of hydrogen-bond donors (Lipinski definition) is 0. The zero-order valence-electron chi connectivity index (χ0n) is 48.9. The van der Waals surface area contributed by atoms with Crippen molar-refractivity contribution in [3.8, 4) is 39.6 Å². The summed E-state index contributed by atoms with van der Waals surface area (Å²) in [6.07, 6.45) is 1.95. The number of anilines is 4. The predicted octanol–water partition coefficient (Wildman–Crippen LogP) is 20.7. The van der Waals surface area contributed by atoms with Crippen molar-refractivity contribution in [1.82, 2.24) is 9.55 Å². The third kappa shape index (κ3) is 9.88. The standard InChI is InChI=1S/C76H74N4O/c1-50(2)64-31-23-32-65(51(3)4)73(64)54-42-61(47-63(43-54)81-62-35-36-67-66-30-21-22-33-68(66)80(70(67)48-62)72-46-58(38-39-77-72)75(8,9)55-26-17-13-18-27-55)79-49-78(69-37-34-57(45-71(69)79)74(5,6)7)60-41-53(52-24-15-12-16-25-52)40-59(44-60)76(10,11)56-28-19-14-20-29-56/h12-48,50-51H,49H2,1-11H3. The van der Waals surface area contributed by atoms with Crippen LogP contribution in [0.4, 0.5) is 22.7 Å². The molecule has 0 radical (unpaired) electrons. The molecule has 0 saturated heterocycles. The van der Waals surface area contributed by atoms with Gasteiger partial charge in [0.1, 0.15) is 24.0 Å². The molecule has 0 amide bonds. The summed E-state index contributed by atoms with van der Waals surface area (Å²) >= 11 is 0. The molecule has 0 bridgehead atoms. The molecule has 5 heteroatoms. The number of rotatable bonds is 13. The lowest BCUT2D eigenvalue weighted by Gasteiger charge is -2.30. The normalized spacial score (nSPS) is 13.0. The Morgan fingerprint density at radius 1 is 0.407 bits per heavy atom. The van der Waals surface area contributed by atoms with E-state index in [2.05, 4.69) is 309 Å². The molecular weight excluding hydrogens is 985 g/mol. The van der Waals surface area contributed by atoms with E-state index in [1.807, 2.05) is 6.20 Å². The smallest absolute Gasteiger partial charge is 0.137 e. The highest BCUT2D eigenvalue weighted by molar-refractivity contribution is 6.09. The van der Waals surface area contributed by atoms with Gasteiger partial charge in [0, 0.05) is 51.3 Å². The minimum Gasteiger partial charge on any atom is -0.457 e. The molecule has 1 aliphatic heterocycles. The van der Waals surface area contributed by atoms with Crippen molar-refractivity contribution in [1.29, 1.82) is 0 Å². The van der Waals surface area contributed by atoms with Gasteiger partial charge in [-0.3, -0.25) is 4.57 Å². The fourth-order valence-corrected chi connectivity index (χ4v) is 12.3. The Balaban J connectivity index is 1.03. The summed E-state index contributed by atoms with van der Waals surface area (Å²) in [5.41, 5.74) is 19.8. The van der Waals surface area contributed by atoms with Crippen LogP contribution in [-0.2, 0) is 16.2 Å². The van der Waals surface area contributed by atoms with Crippen molar-refractivity contribution in [2.75, 3.05) is 16.5 Å². The first kappa shape index (κ1) is 53.0. The average Bonchev–Trinajstić information content (AvgIpc) is 4.17. The van der Waals surface area contributed by atoms with Gasteiger partial charge in [-0.1, -0.05) is 216 Å². The van der Waals surface area contributed by atoms with Crippen LogP contribution in [0, 0.1) is 0 Å². The van der Waals surface area contributed by atoms with Gasteiger partial charge in [-0.2, -0.15) is 0 Å². The molecule has 5 nitrogen and oxygen atoms in total. The van der Waals surface area contributed by atoms with Crippen LogP contribution in [0.25, 0.3) is 49.9 Å². The summed E-state index contributed by atoms with van der Waals surface area (Å²) in [5, 5.41) is 2.31. The summed E-state index contributed by atoms with van der Waals surface area (Å²) in [6, 6.07) is 80.2. The Morgan fingerprint density at radius 2 is 1.00 bits per heavy atom.